The molecular weight excluding hydrogens is 428 g/mol. The van der Waals surface area contributed by atoms with E-state index in [1.807, 2.05) is 0 Å². The minimum Gasteiger partial charge on any atom is -0.493 e. The van der Waals surface area contributed by atoms with Crippen LogP contribution in [0, 0.1) is 0 Å². The summed E-state index contributed by atoms with van der Waals surface area (Å²) in [5.74, 6) is -2.45. The molecule has 1 unspecified atom stereocenters. The quantitative estimate of drug-likeness (QED) is 0.458. The number of β-lactam (4-membered cyclic amide) rings is 1. The number of ketones is 1. The van der Waals surface area contributed by atoms with Crippen LogP contribution < -0.4 is 19.5 Å². The summed E-state index contributed by atoms with van der Waals surface area (Å²) >= 11 is 1.17. The lowest BCUT2D eigenvalue weighted by Crippen LogP contribution is -2.82. The summed E-state index contributed by atoms with van der Waals surface area (Å²) < 4.78 is 14.9. The van der Waals surface area contributed by atoms with E-state index in [0.29, 0.717) is 0 Å². The van der Waals surface area contributed by atoms with Gasteiger partial charge in [-0.1, -0.05) is 0 Å². The fourth-order valence-electron chi connectivity index (χ4n) is 4.05. The number of fused-ring (bicyclic) bond motifs is 1. The van der Waals surface area contributed by atoms with Gasteiger partial charge in [-0.05, 0) is 32.9 Å². The van der Waals surface area contributed by atoms with Gasteiger partial charge in [0, 0.05) is 10.3 Å². The average Bonchev–Trinajstić information content (AvgIpc) is 2.98. The fourth-order valence-corrected chi connectivity index (χ4v) is 5.80. The SMILES string of the molecule is COc1cc(C(=O)NC2(C(C)=O)C(=O)N3[C@@H](C(=O)O)C(C)(C)S[C@@H]32)cc(OC)c1OC. The smallest absolute Gasteiger partial charge is 0.327 e. The van der Waals surface area contributed by atoms with E-state index in [2.05, 4.69) is 5.32 Å². The maximum atomic E-state index is 13.1. The van der Waals surface area contributed by atoms with Gasteiger partial charge in [-0.2, -0.15) is 0 Å². The highest BCUT2D eigenvalue weighted by Crippen LogP contribution is 2.55. The normalized spacial score (nSPS) is 25.9. The number of amides is 2. The Morgan fingerprint density at radius 1 is 1.10 bits per heavy atom. The Hall–Kier alpha value is -2.95. The molecular formula is C20H24N2O8S. The van der Waals surface area contributed by atoms with Crippen LogP contribution in [-0.2, 0) is 14.4 Å². The zero-order valence-corrected chi connectivity index (χ0v) is 18.8. The molecule has 0 spiro atoms. The molecule has 1 aromatic rings. The number of hydrogen-bond donors (Lipinski definition) is 2. The largest absolute Gasteiger partial charge is 0.493 e. The molecule has 2 heterocycles. The topological polar surface area (TPSA) is 131 Å². The van der Waals surface area contributed by atoms with Crippen LogP contribution in [0.1, 0.15) is 31.1 Å². The van der Waals surface area contributed by atoms with Crippen LogP contribution in [0.15, 0.2) is 12.1 Å². The number of rotatable bonds is 7. The van der Waals surface area contributed by atoms with E-state index < -0.39 is 45.3 Å². The van der Waals surface area contributed by atoms with Crippen molar-refractivity contribution in [2.45, 2.75) is 42.5 Å². The van der Waals surface area contributed by atoms with Crippen LogP contribution in [0.4, 0.5) is 0 Å². The van der Waals surface area contributed by atoms with Crippen molar-refractivity contribution in [1.82, 2.24) is 10.2 Å². The second kappa shape index (κ2) is 7.63. The maximum absolute atomic E-state index is 13.1. The highest BCUT2D eigenvalue weighted by Gasteiger charge is 2.74. The summed E-state index contributed by atoms with van der Waals surface area (Å²) in [6.45, 7) is 4.58. The maximum Gasteiger partial charge on any atom is 0.327 e. The van der Waals surface area contributed by atoms with Crippen LogP contribution in [0.2, 0.25) is 0 Å². The van der Waals surface area contributed by atoms with Crippen LogP contribution in [0.25, 0.3) is 0 Å². The minimum atomic E-state index is -1.86. The van der Waals surface area contributed by atoms with Crippen molar-refractivity contribution in [2.75, 3.05) is 21.3 Å². The van der Waals surface area contributed by atoms with Crippen LogP contribution in [0.5, 0.6) is 17.2 Å². The summed E-state index contributed by atoms with van der Waals surface area (Å²) in [6, 6.07) is 1.69. The Kier molecular flexibility index (Phi) is 5.59. The molecule has 2 aliphatic rings. The highest BCUT2D eigenvalue weighted by molar-refractivity contribution is 8.01. The van der Waals surface area contributed by atoms with Gasteiger partial charge < -0.3 is 29.5 Å². The Morgan fingerprint density at radius 2 is 1.65 bits per heavy atom. The molecule has 3 atom stereocenters. The number of ether oxygens (including phenoxy) is 3. The van der Waals surface area contributed by atoms with Gasteiger partial charge in [-0.25, -0.2) is 4.79 Å². The number of nitrogens with zero attached hydrogens (tertiary/aromatic N) is 1. The molecule has 2 amide bonds. The third-order valence-electron chi connectivity index (χ3n) is 5.57. The monoisotopic (exact) mass is 452 g/mol. The van der Waals surface area contributed by atoms with Crippen molar-refractivity contribution >= 4 is 35.3 Å². The molecule has 31 heavy (non-hydrogen) atoms. The van der Waals surface area contributed by atoms with E-state index in [1.54, 1.807) is 13.8 Å². The molecule has 168 valence electrons. The molecule has 2 fully saturated rings. The lowest BCUT2D eigenvalue weighted by atomic mass is 9.81. The molecule has 2 aliphatic heterocycles. The standard InChI is InChI=1S/C20H24N2O8S/c1-9(23)20(17(27)22-14(16(25)26)19(2,3)31-18(20)22)21-15(24)10-7-11(28-4)13(30-6)12(8-10)29-5/h7-8,14,18H,1-6H3,(H,21,24)(H,25,26)/t14-,18+,20?/m0/s1. The first-order valence-corrected chi connectivity index (χ1v) is 10.2. The number of thioether (sulfide) groups is 1. The van der Waals surface area contributed by atoms with Crippen molar-refractivity contribution in [2.24, 2.45) is 0 Å². The van der Waals surface area contributed by atoms with Gasteiger partial charge in [-0.3, -0.25) is 14.4 Å². The van der Waals surface area contributed by atoms with Crippen molar-refractivity contribution in [3.05, 3.63) is 17.7 Å². The number of carboxylic acids is 1. The van der Waals surface area contributed by atoms with Gasteiger partial charge in [0.25, 0.3) is 11.8 Å². The van der Waals surface area contributed by atoms with E-state index in [-0.39, 0.29) is 22.8 Å². The highest BCUT2D eigenvalue weighted by atomic mass is 32.2. The van der Waals surface area contributed by atoms with Crippen molar-refractivity contribution in [3.63, 3.8) is 0 Å². The number of Topliss-reactive ketones (excluding diaryl/α,β-unsaturated/α-hetero) is 1. The molecule has 0 aromatic heterocycles. The zero-order chi connectivity index (χ0) is 23.3. The lowest BCUT2D eigenvalue weighted by molar-refractivity contribution is -0.170. The third kappa shape index (κ3) is 3.18. The van der Waals surface area contributed by atoms with Gasteiger partial charge in [0.05, 0.1) is 21.3 Å². The molecule has 0 radical (unpaired) electrons. The molecule has 11 heteroatoms. The van der Waals surface area contributed by atoms with Gasteiger partial charge in [0.15, 0.2) is 17.3 Å². The minimum absolute atomic E-state index is 0.0819. The van der Waals surface area contributed by atoms with Crippen LogP contribution >= 0.6 is 11.8 Å². The number of methoxy groups -OCH3 is 3. The number of nitrogens with one attached hydrogen (secondary N) is 1. The molecule has 2 N–H and O–H groups in total. The van der Waals surface area contributed by atoms with E-state index in [9.17, 15) is 24.3 Å². The molecule has 0 aliphatic carbocycles. The molecule has 3 rings (SSSR count). The van der Waals surface area contributed by atoms with Crippen LogP contribution in [-0.4, -0.2) is 76.6 Å². The van der Waals surface area contributed by atoms with Gasteiger partial charge in [0.2, 0.25) is 11.3 Å². The summed E-state index contributed by atoms with van der Waals surface area (Å²) in [6.07, 6.45) is 0. The number of carboxylic acid groups (broad SMARTS) is 1. The van der Waals surface area contributed by atoms with Gasteiger partial charge in [-0.15, -0.1) is 11.8 Å². The Labute approximate surface area is 183 Å². The Morgan fingerprint density at radius 3 is 2.06 bits per heavy atom. The fraction of sp³-hybridized carbons (Fsp3) is 0.500. The predicted octanol–water partition coefficient (Wildman–Crippen LogP) is 0.917. The summed E-state index contributed by atoms with van der Waals surface area (Å²) in [4.78, 5) is 51.7. The second-order valence-electron chi connectivity index (χ2n) is 7.76. The summed E-state index contributed by atoms with van der Waals surface area (Å²) in [5.41, 5.74) is -1.78. The number of aliphatic carboxylic acids is 1. The molecule has 0 bridgehead atoms. The van der Waals surface area contributed by atoms with Crippen molar-refractivity contribution in [1.29, 1.82) is 0 Å². The first kappa shape index (κ1) is 22.7. The molecule has 10 nitrogen and oxygen atoms in total. The third-order valence-corrected chi connectivity index (χ3v) is 7.21. The van der Waals surface area contributed by atoms with E-state index in [0.717, 1.165) is 4.90 Å². The molecule has 0 saturated carbocycles. The van der Waals surface area contributed by atoms with Crippen molar-refractivity contribution < 1.29 is 38.5 Å². The van der Waals surface area contributed by atoms with E-state index >= 15 is 0 Å². The zero-order valence-electron chi connectivity index (χ0n) is 18.0. The van der Waals surface area contributed by atoms with Gasteiger partial charge >= 0.3 is 5.97 Å². The van der Waals surface area contributed by atoms with E-state index in [1.165, 1.54) is 52.1 Å². The molecule has 2 saturated heterocycles. The average molecular weight is 452 g/mol. The first-order valence-electron chi connectivity index (χ1n) is 9.33. The summed E-state index contributed by atoms with van der Waals surface area (Å²) in [5, 5.41) is 11.3. The Balaban J connectivity index is 1.99. The van der Waals surface area contributed by atoms with Crippen LogP contribution in [0.3, 0.4) is 0 Å². The lowest BCUT2D eigenvalue weighted by Gasteiger charge is -2.51. The number of carbonyl (C=O) groups excluding carboxylic acids is 3. The predicted molar refractivity (Wildman–Crippen MR) is 111 cm³/mol. The molecule has 1 aromatic carbocycles. The second-order valence-corrected chi connectivity index (χ2v) is 9.49. The van der Waals surface area contributed by atoms with Crippen molar-refractivity contribution in [3.8, 4) is 17.2 Å². The van der Waals surface area contributed by atoms with Gasteiger partial charge in [0.1, 0.15) is 11.4 Å². The number of carbonyl (C=O) groups is 4. The summed E-state index contributed by atoms with van der Waals surface area (Å²) in [7, 11) is 4.21. The number of benzene rings is 1. The Bertz CT molecular complexity index is 953. The first-order chi connectivity index (χ1) is 14.5. The van der Waals surface area contributed by atoms with E-state index in [4.69, 9.17) is 14.2 Å². The number of hydrogen-bond acceptors (Lipinski definition) is 8.